The lowest BCUT2D eigenvalue weighted by Crippen LogP contribution is -2.82. The van der Waals surface area contributed by atoms with Gasteiger partial charge in [-0.2, -0.15) is 65.9 Å². The average molecular weight is 654 g/mol. The van der Waals surface area contributed by atoms with Crippen molar-refractivity contribution in [1.82, 2.24) is 0 Å². The zero-order valence-corrected chi connectivity index (χ0v) is 22.9. The molecule has 0 saturated carbocycles. The lowest BCUT2D eigenvalue weighted by atomic mass is 9.84. The van der Waals surface area contributed by atoms with Crippen LogP contribution in [0.4, 0.5) is 74.6 Å². The Morgan fingerprint density at radius 2 is 0.600 bits per heavy atom. The van der Waals surface area contributed by atoms with Crippen molar-refractivity contribution in [1.29, 1.82) is 0 Å². The molecular formula is C18H23F17O4Si. The highest BCUT2D eigenvalue weighted by Crippen LogP contribution is 2.65. The maximum atomic E-state index is 15.5. The van der Waals surface area contributed by atoms with E-state index in [-0.39, 0.29) is 0 Å². The highest BCUT2D eigenvalue weighted by molar-refractivity contribution is 6.14. The first-order chi connectivity index (χ1) is 17.5. The van der Waals surface area contributed by atoms with Crippen molar-refractivity contribution < 1.29 is 93.6 Å². The quantitative estimate of drug-likeness (QED) is 0.119. The number of halogens is 17. The Morgan fingerprint density at radius 1 is 0.375 bits per heavy atom. The first kappa shape index (κ1) is 38.9. The lowest BCUT2D eigenvalue weighted by molar-refractivity contribution is -0.543. The van der Waals surface area contributed by atoms with Crippen LogP contribution in [0.2, 0.25) is 0 Å². The Kier molecular flexibility index (Phi) is 11.2. The van der Waals surface area contributed by atoms with Crippen LogP contribution in [0.25, 0.3) is 0 Å². The van der Waals surface area contributed by atoms with Crippen LogP contribution in [0, 0.1) is 0 Å². The van der Waals surface area contributed by atoms with Gasteiger partial charge in [0, 0.05) is 26.4 Å². The summed E-state index contributed by atoms with van der Waals surface area (Å²) in [5.41, 5.74) is -6.22. The van der Waals surface area contributed by atoms with Crippen LogP contribution in [-0.4, -0.2) is 95.5 Å². The van der Waals surface area contributed by atoms with Gasteiger partial charge in [0.15, 0.2) is 0 Å². The molecule has 0 aliphatic heterocycles. The van der Waals surface area contributed by atoms with Gasteiger partial charge >= 0.3 is 53.3 Å². The molecule has 0 rings (SSSR count). The first-order valence-corrected chi connectivity index (χ1v) is 11.8. The van der Waals surface area contributed by atoms with Gasteiger partial charge in [-0.1, -0.05) is 0 Å². The fourth-order valence-electron chi connectivity index (χ4n) is 3.29. The van der Waals surface area contributed by atoms with Crippen molar-refractivity contribution in [3.8, 4) is 0 Å². The van der Waals surface area contributed by atoms with Crippen LogP contribution in [0.3, 0.4) is 0 Å². The molecule has 0 aromatic heterocycles. The van der Waals surface area contributed by atoms with Gasteiger partial charge in [0.1, 0.15) is 0 Å². The summed E-state index contributed by atoms with van der Waals surface area (Å²) >= 11 is 0. The second-order valence-corrected chi connectivity index (χ2v) is 9.05. The van der Waals surface area contributed by atoms with Crippen LogP contribution < -0.4 is 0 Å². The van der Waals surface area contributed by atoms with Crippen LogP contribution in [0.1, 0.15) is 27.7 Å². The minimum atomic E-state index is -8.53. The molecule has 0 amide bonds. The minimum Gasteiger partial charge on any atom is -0.341 e. The predicted molar refractivity (Wildman–Crippen MR) is 103 cm³/mol. The summed E-state index contributed by atoms with van der Waals surface area (Å²) in [4.78, 5) is 0. The molecule has 0 heterocycles. The largest absolute Gasteiger partial charge is 0.449 e. The Labute approximate surface area is 217 Å². The van der Waals surface area contributed by atoms with E-state index in [0.717, 1.165) is 0 Å². The summed E-state index contributed by atoms with van der Waals surface area (Å²) in [6, 6.07) is 0. The second-order valence-electron chi connectivity index (χ2n) is 7.80. The minimum absolute atomic E-state index is 0.468. The van der Waals surface area contributed by atoms with E-state index in [1.54, 1.807) is 0 Å². The van der Waals surface area contributed by atoms with E-state index in [0.29, 0.717) is 27.7 Å². The zero-order chi connectivity index (χ0) is 32.7. The van der Waals surface area contributed by atoms with E-state index in [1.165, 1.54) is 0 Å². The number of ether oxygens (including phenoxy) is 4. The number of alkyl halides is 17. The Bertz CT molecular complexity index is 829. The van der Waals surface area contributed by atoms with Crippen LogP contribution in [0.15, 0.2) is 0 Å². The molecule has 0 aliphatic carbocycles. The Hall–Kier alpha value is -1.13. The standard InChI is InChI=1S/C18H23F17O4Si/c1-5-36-15(37-6-2,16(38-7-3,39-8-4)17(31,32)33)13(27,28)11(23,24)9(19,20)10(21,22)12(25,26)14(29,30)18(34,35)40/h5-8H2,1-4,40H3. The van der Waals surface area contributed by atoms with Gasteiger partial charge in [-0.3, -0.25) is 0 Å². The van der Waals surface area contributed by atoms with Crippen molar-refractivity contribution in [3.05, 3.63) is 0 Å². The predicted octanol–water partition coefficient (Wildman–Crippen LogP) is 5.86. The molecule has 0 radical (unpaired) electrons. The van der Waals surface area contributed by atoms with Crippen molar-refractivity contribution in [3.63, 3.8) is 0 Å². The van der Waals surface area contributed by atoms with Crippen molar-refractivity contribution >= 4 is 10.2 Å². The highest BCUT2D eigenvalue weighted by atomic mass is 28.1. The van der Waals surface area contributed by atoms with E-state index in [9.17, 15) is 65.9 Å². The van der Waals surface area contributed by atoms with E-state index in [4.69, 9.17) is 0 Å². The molecule has 22 heteroatoms. The third-order valence-electron chi connectivity index (χ3n) is 5.13. The molecule has 0 atom stereocenters. The van der Waals surface area contributed by atoms with Crippen molar-refractivity contribution in [2.75, 3.05) is 26.4 Å². The monoisotopic (exact) mass is 654 g/mol. The number of rotatable bonds is 16. The van der Waals surface area contributed by atoms with Gasteiger partial charge in [-0.25, -0.2) is 8.78 Å². The van der Waals surface area contributed by atoms with Gasteiger partial charge in [-0.15, -0.1) is 0 Å². The van der Waals surface area contributed by atoms with E-state index in [1.807, 2.05) is 0 Å². The van der Waals surface area contributed by atoms with Gasteiger partial charge < -0.3 is 18.9 Å². The average Bonchev–Trinajstić information content (AvgIpc) is 2.76. The Balaban J connectivity index is 7.91. The maximum Gasteiger partial charge on any atom is 0.449 e. The molecule has 0 fully saturated rings. The second kappa shape index (κ2) is 11.5. The smallest absolute Gasteiger partial charge is 0.341 e. The third-order valence-corrected chi connectivity index (χ3v) is 5.76. The van der Waals surface area contributed by atoms with Gasteiger partial charge in [0.25, 0.3) is 5.55 Å². The van der Waals surface area contributed by atoms with Gasteiger partial charge in [-0.05, 0) is 27.7 Å². The van der Waals surface area contributed by atoms with E-state index < -0.39 is 95.5 Å². The summed E-state index contributed by atoms with van der Waals surface area (Å²) in [5.74, 6) is -59.9. The molecule has 0 unspecified atom stereocenters. The fraction of sp³-hybridized carbons (Fsp3) is 1.00. The van der Waals surface area contributed by atoms with Crippen LogP contribution in [-0.2, 0) is 18.9 Å². The molecule has 0 aromatic rings. The highest BCUT2D eigenvalue weighted by Gasteiger charge is 2.97. The lowest BCUT2D eigenvalue weighted by Gasteiger charge is -2.53. The zero-order valence-electron chi connectivity index (χ0n) is 20.9. The molecule has 0 aromatic carbocycles. The van der Waals surface area contributed by atoms with E-state index in [2.05, 4.69) is 18.9 Å². The number of hydrogen-bond donors (Lipinski definition) is 0. The first-order valence-electron chi connectivity index (χ1n) is 10.8. The molecule has 0 aliphatic rings. The topological polar surface area (TPSA) is 36.9 Å². The summed E-state index contributed by atoms with van der Waals surface area (Å²) in [7, 11) is -2.47. The molecular weight excluding hydrogens is 631 g/mol. The molecule has 242 valence electrons. The molecule has 0 bridgehead atoms. The summed E-state index contributed by atoms with van der Waals surface area (Å²) in [6.07, 6.45) is -6.56. The molecule has 0 spiro atoms. The molecule has 4 nitrogen and oxygen atoms in total. The molecule has 0 saturated heterocycles. The SMILES string of the molecule is CCOC(OCC)(C(F)(F)F)C(OCC)(OCC)C(F)(F)C(F)(F)C(F)(F)C(F)(F)C(F)(F)C(F)(F)C(F)(F)[SiH3]. The van der Waals surface area contributed by atoms with Crippen LogP contribution >= 0.6 is 0 Å². The molecule has 40 heavy (non-hydrogen) atoms. The normalized spacial score (nSPS) is 16.1. The summed E-state index contributed by atoms with van der Waals surface area (Å²) < 4.78 is 257. The number of hydrogen-bond acceptors (Lipinski definition) is 4. The Morgan fingerprint density at radius 3 is 0.825 bits per heavy atom. The van der Waals surface area contributed by atoms with Gasteiger partial charge in [0.05, 0.1) is 10.2 Å². The summed E-state index contributed by atoms with van der Waals surface area (Å²) in [5, 5.41) is 0. The summed E-state index contributed by atoms with van der Waals surface area (Å²) in [6.45, 7) is -4.06. The van der Waals surface area contributed by atoms with Gasteiger partial charge in [0.2, 0.25) is 0 Å². The fourth-order valence-corrected chi connectivity index (χ4v) is 3.60. The molecule has 0 N–H and O–H groups in total. The third kappa shape index (κ3) is 5.16. The van der Waals surface area contributed by atoms with Crippen molar-refractivity contribution in [2.45, 2.75) is 86.5 Å². The maximum absolute atomic E-state index is 15.5. The van der Waals surface area contributed by atoms with Crippen LogP contribution in [0.5, 0.6) is 0 Å². The van der Waals surface area contributed by atoms with Crippen molar-refractivity contribution in [2.24, 2.45) is 0 Å². The van der Waals surface area contributed by atoms with E-state index >= 15 is 8.78 Å².